The van der Waals surface area contributed by atoms with Gasteiger partial charge in [0.25, 0.3) is 5.91 Å². The molecule has 0 aliphatic heterocycles. The second kappa shape index (κ2) is 8.30. The van der Waals surface area contributed by atoms with Gasteiger partial charge in [-0.1, -0.05) is 54.6 Å². The molecule has 6 aromatic rings. The Hall–Kier alpha value is -4.77. The highest BCUT2D eigenvalue weighted by atomic mass is 16.3. The van der Waals surface area contributed by atoms with Gasteiger partial charge in [0.05, 0.1) is 23.0 Å². The van der Waals surface area contributed by atoms with E-state index in [-0.39, 0.29) is 5.91 Å². The SMILES string of the molecule is O=C(Nc1cccnc1)c1cc(-c2cc3ccccc3o2)nc2ccc(-c3ccccc3)cc12. The minimum Gasteiger partial charge on any atom is -0.454 e. The Labute approximate surface area is 195 Å². The van der Waals surface area contributed by atoms with Crippen molar-refractivity contribution in [3.8, 4) is 22.6 Å². The summed E-state index contributed by atoms with van der Waals surface area (Å²) in [5.74, 6) is 0.383. The number of carbonyl (C=O) groups is 1. The van der Waals surface area contributed by atoms with Crippen LogP contribution in [-0.4, -0.2) is 15.9 Å². The summed E-state index contributed by atoms with van der Waals surface area (Å²) in [6, 6.07) is 31.2. The van der Waals surface area contributed by atoms with E-state index in [1.54, 1.807) is 24.5 Å². The number of pyridine rings is 2. The van der Waals surface area contributed by atoms with Crippen molar-refractivity contribution in [2.75, 3.05) is 5.32 Å². The monoisotopic (exact) mass is 441 g/mol. The Bertz CT molecular complexity index is 1610. The molecule has 0 unspecified atom stereocenters. The van der Waals surface area contributed by atoms with Gasteiger partial charge in [0, 0.05) is 17.0 Å². The molecule has 1 amide bonds. The van der Waals surface area contributed by atoms with Crippen LogP contribution in [0.15, 0.2) is 114 Å². The van der Waals surface area contributed by atoms with E-state index in [0.717, 1.165) is 27.5 Å². The Morgan fingerprint density at radius 1 is 0.794 bits per heavy atom. The molecule has 0 radical (unpaired) electrons. The molecule has 3 heterocycles. The van der Waals surface area contributed by atoms with Gasteiger partial charge in [-0.15, -0.1) is 0 Å². The van der Waals surface area contributed by atoms with Gasteiger partial charge >= 0.3 is 0 Å². The van der Waals surface area contributed by atoms with E-state index in [1.165, 1.54) is 0 Å². The van der Waals surface area contributed by atoms with Crippen molar-refractivity contribution in [3.63, 3.8) is 0 Å². The summed E-state index contributed by atoms with van der Waals surface area (Å²) in [5, 5.41) is 4.71. The van der Waals surface area contributed by atoms with Crippen LogP contribution in [0.4, 0.5) is 5.69 Å². The number of furan rings is 1. The maximum absolute atomic E-state index is 13.4. The molecule has 0 atom stereocenters. The third-order valence-electron chi connectivity index (χ3n) is 5.76. The number of amides is 1. The van der Waals surface area contributed by atoms with Crippen LogP contribution in [-0.2, 0) is 0 Å². The average molecular weight is 441 g/mol. The topological polar surface area (TPSA) is 68.0 Å². The van der Waals surface area contributed by atoms with Gasteiger partial charge in [-0.05, 0) is 53.6 Å². The van der Waals surface area contributed by atoms with Crippen LogP contribution in [0.5, 0.6) is 0 Å². The summed E-state index contributed by atoms with van der Waals surface area (Å²) < 4.78 is 6.04. The van der Waals surface area contributed by atoms with Crippen LogP contribution < -0.4 is 5.32 Å². The normalized spacial score (nSPS) is 11.1. The lowest BCUT2D eigenvalue weighted by atomic mass is 9.99. The van der Waals surface area contributed by atoms with E-state index in [4.69, 9.17) is 9.40 Å². The summed E-state index contributed by atoms with van der Waals surface area (Å²) in [4.78, 5) is 22.4. The zero-order valence-corrected chi connectivity index (χ0v) is 18.1. The molecule has 162 valence electrons. The molecule has 3 aromatic carbocycles. The van der Waals surface area contributed by atoms with Crippen LogP contribution in [0.25, 0.3) is 44.5 Å². The maximum Gasteiger partial charge on any atom is 0.256 e. The first-order valence-corrected chi connectivity index (χ1v) is 11.0. The molecule has 6 rings (SSSR count). The highest BCUT2D eigenvalue weighted by molar-refractivity contribution is 6.13. The van der Waals surface area contributed by atoms with Crippen molar-refractivity contribution < 1.29 is 9.21 Å². The highest BCUT2D eigenvalue weighted by Crippen LogP contribution is 2.32. The standard InChI is InChI=1S/C29H19N3O2/c33-29(31-22-10-6-14-30-18-22)24-17-26(28-16-21-9-4-5-11-27(21)34-28)32-25-13-12-20(15-23(24)25)19-7-2-1-3-8-19/h1-18H,(H,31,33). The van der Waals surface area contributed by atoms with E-state index in [9.17, 15) is 4.79 Å². The van der Waals surface area contributed by atoms with Crippen molar-refractivity contribution in [1.29, 1.82) is 0 Å². The Balaban J connectivity index is 1.52. The Morgan fingerprint density at radius 3 is 2.47 bits per heavy atom. The largest absolute Gasteiger partial charge is 0.454 e. The third-order valence-corrected chi connectivity index (χ3v) is 5.76. The van der Waals surface area contributed by atoms with Crippen molar-refractivity contribution >= 4 is 33.5 Å². The molecule has 1 N–H and O–H groups in total. The van der Waals surface area contributed by atoms with Crippen molar-refractivity contribution in [1.82, 2.24) is 9.97 Å². The Morgan fingerprint density at radius 2 is 1.65 bits per heavy atom. The number of carbonyl (C=O) groups excluding carboxylic acids is 1. The van der Waals surface area contributed by atoms with Crippen LogP contribution in [0.1, 0.15) is 10.4 Å². The molecule has 0 spiro atoms. The number of para-hydroxylation sites is 1. The average Bonchev–Trinajstić information content (AvgIpc) is 3.33. The first-order valence-electron chi connectivity index (χ1n) is 11.0. The number of hydrogen-bond acceptors (Lipinski definition) is 4. The van der Waals surface area contributed by atoms with E-state index >= 15 is 0 Å². The smallest absolute Gasteiger partial charge is 0.256 e. The number of nitrogens with one attached hydrogen (secondary N) is 1. The van der Waals surface area contributed by atoms with Gasteiger partial charge in [0.1, 0.15) is 11.3 Å². The number of rotatable bonds is 4. The predicted octanol–water partition coefficient (Wildman–Crippen LogP) is 6.96. The zero-order chi connectivity index (χ0) is 22.9. The lowest BCUT2D eigenvalue weighted by Gasteiger charge is -2.11. The molecule has 0 saturated carbocycles. The maximum atomic E-state index is 13.4. The van der Waals surface area contributed by atoms with Gasteiger partial charge < -0.3 is 9.73 Å². The highest BCUT2D eigenvalue weighted by Gasteiger charge is 2.17. The molecule has 0 aliphatic carbocycles. The fourth-order valence-electron chi connectivity index (χ4n) is 4.09. The van der Waals surface area contributed by atoms with Gasteiger partial charge in [-0.3, -0.25) is 9.78 Å². The van der Waals surface area contributed by atoms with E-state index < -0.39 is 0 Å². The number of aromatic nitrogens is 2. The predicted molar refractivity (Wildman–Crippen MR) is 135 cm³/mol. The number of benzene rings is 3. The van der Waals surface area contributed by atoms with Crippen molar-refractivity contribution in [2.45, 2.75) is 0 Å². The number of anilines is 1. The summed E-state index contributed by atoms with van der Waals surface area (Å²) in [7, 11) is 0. The van der Waals surface area contributed by atoms with E-state index in [2.05, 4.69) is 10.3 Å². The quantitative estimate of drug-likeness (QED) is 0.321. The molecule has 0 saturated heterocycles. The second-order valence-electron chi connectivity index (χ2n) is 8.00. The molecule has 3 aromatic heterocycles. The van der Waals surface area contributed by atoms with Gasteiger partial charge in [-0.25, -0.2) is 4.98 Å². The Kier molecular flexibility index (Phi) is 4.85. The van der Waals surface area contributed by atoms with E-state index in [1.807, 2.05) is 84.9 Å². The van der Waals surface area contributed by atoms with Gasteiger partial charge in [0.2, 0.25) is 0 Å². The first-order chi connectivity index (χ1) is 16.7. The fraction of sp³-hybridized carbons (Fsp3) is 0. The molecule has 0 bridgehead atoms. The lowest BCUT2D eigenvalue weighted by molar-refractivity contribution is 0.102. The summed E-state index contributed by atoms with van der Waals surface area (Å²) in [6.07, 6.45) is 3.29. The fourth-order valence-corrected chi connectivity index (χ4v) is 4.09. The third kappa shape index (κ3) is 3.69. The first kappa shape index (κ1) is 19.9. The summed E-state index contributed by atoms with van der Waals surface area (Å²) in [6.45, 7) is 0. The van der Waals surface area contributed by atoms with Crippen LogP contribution in [0.3, 0.4) is 0 Å². The lowest BCUT2D eigenvalue weighted by Crippen LogP contribution is -2.13. The van der Waals surface area contributed by atoms with Crippen LogP contribution in [0.2, 0.25) is 0 Å². The molecule has 0 fully saturated rings. The van der Waals surface area contributed by atoms with Gasteiger partial charge in [0.15, 0.2) is 5.76 Å². The molecule has 5 nitrogen and oxygen atoms in total. The summed E-state index contributed by atoms with van der Waals surface area (Å²) >= 11 is 0. The number of nitrogens with zero attached hydrogens (tertiary/aromatic N) is 2. The molecular weight excluding hydrogens is 422 g/mol. The molecule has 5 heteroatoms. The number of hydrogen-bond donors (Lipinski definition) is 1. The second-order valence-corrected chi connectivity index (χ2v) is 8.00. The molecule has 34 heavy (non-hydrogen) atoms. The minimum absolute atomic E-state index is 0.233. The van der Waals surface area contributed by atoms with Crippen molar-refractivity contribution in [3.05, 3.63) is 115 Å². The minimum atomic E-state index is -0.233. The van der Waals surface area contributed by atoms with Gasteiger partial charge in [-0.2, -0.15) is 0 Å². The van der Waals surface area contributed by atoms with Crippen LogP contribution in [0, 0.1) is 0 Å². The summed E-state index contributed by atoms with van der Waals surface area (Å²) in [5.41, 5.74) is 5.33. The van der Waals surface area contributed by atoms with E-state index in [0.29, 0.717) is 28.2 Å². The van der Waals surface area contributed by atoms with Crippen LogP contribution >= 0.6 is 0 Å². The molecular formula is C29H19N3O2. The zero-order valence-electron chi connectivity index (χ0n) is 18.1. The molecule has 0 aliphatic rings. The van der Waals surface area contributed by atoms with Crippen molar-refractivity contribution in [2.24, 2.45) is 0 Å². The number of fused-ring (bicyclic) bond motifs is 2.